The molecule has 0 aliphatic heterocycles. The SMILES string of the molecule is CCCCO[C@H]1C[C@@H](N(C)Cc2ccc(S(=O)(=O)N(C)C)o2)C1(C)C. The minimum Gasteiger partial charge on any atom is -0.447 e. The van der Waals surface area contributed by atoms with E-state index in [1.807, 2.05) is 0 Å². The molecule has 0 amide bonds. The van der Waals surface area contributed by atoms with Gasteiger partial charge in [-0.3, -0.25) is 4.90 Å². The van der Waals surface area contributed by atoms with E-state index in [-0.39, 0.29) is 16.6 Å². The van der Waals surface area contributed by atoms with Crippen molar-refractivity contribution >= 4 is 10.0 Å². The molecule has 25 heavy (non-hydrogen) atoms. The van der Waals surface area contributed by atoms with Crippen molar-refractivity contribution in [2.24, 2.45) is 5.41 Å². The molecule has 0 radical (unpaired) electrons. The number of furan rings is 1. The van der Waals surface area contributed by atoms with Crippen LogP contribution in [-0.4, -0.2) is 57.5 Å². The standard InChI is InChI=1S/C18H32N2O4S/c1-7-8-11-23-16-12-15(18(16,2)3)20(6)13-14-9-10-17(24-14)25(21,22)19(4)5/h9-10,15-16H,7-8,11-13H2,1-6H3/t15-,16+/m1/s1. The molecule has 1 aromatic heterocycles. The number of nitrogens with zero attached hydrogens (tertiary/aromatic N) is 2. The Kier molecular flexibility index (Phi) is 6.35. The number of unbranched alkanes of at least 4 members (excludes halogenated alkanes) is 1. The summed E-state index contributed by atoms with van der Waals surface area (Å²) in [5.41, 5.74) is 0.0770. The van der Waals surface area contributed by atoms with E-state index in [1.165, 1.54) is 20.2 Å². The fourth-order valence-electron chi connectivity index (χ4n) is 3.38. The lowest BCUT2D eigenvalue weighted by atomic mass is 9.64. The van der Waals surface area contributed by atoms with Crippen LogP contribution in [0.2, 0.25) is 0 Å². The summed E-state index contributed by atoms with van der Waals surface area (Å²) in [6, 6.07) is 3.66. The summed E-state index contributed by atoms with van der Waals surface area (Å²) in [4.78, 5) is 2.23. The zero-order chi connectivity index (χ0) is 18.8. The number of hydrogen-bond donors (Lipinski definition) is 0. The Hall–Kier alpha value is -0.890. The van der Waals surface area contributed by atoms with Gasteiger partial charge in [0, 0.05) is 32.2 Å². The Morgan fingerprint density at radius 3 is 2.52 bits per heavy atom. The lowest BCUT2D eigenvalue weighted by molar-refractivity contribution is -0.150. The van der Waals surface area contributed by atoms with Gasteiger partial charge in [-0.15, -0.1) is 0 Å². The van der Waals surface area contributed by atoms with Gasteiger partial charge in [0.15, 0.2) is 0 Å². The maximum atomic E-state index is 12.1. The van der Waals surface area contributed by atoms with Crippen molar-refractivity contribution in [3.63, 3.8) is 0 Å². The summed E-state index contributed by atoms with van der Waals surface area (Å²) in [6.07, 6.45) is 3.53. The van der Waals surface area contributed by atoms with Crippen LogP contribution < -0.4 is 0 Å². The van der Waals surface area contributed by atoms with Gasteiger partial charge in [-0.2, -0.15) is 0 Å². The van der Waals surface area contributed by atoms with Crippen LogP contribution in [0, 0.1) is 5.41 Å². The monoisotopic (exact) mass is 372 g/mol. The largest absolute Gasteiger partial charge is 0.447 e. The van der Waals surface area contributed by atoms with Gasteiger partial charge in [-0.05, 0) is 32.0 Å². The Morgan fingerprint density at radius 2 is 1.96 bits per heavy atom. The number of sulfonamides is 1. The molecule has 0 aromatic carbocycles. The Balaban J connectivity index is 1.95. The number of hydrogen-bond acceptors (Lipinski definition) is 5. The van der Waals surface area contributed by atoms with Gasteiger partial charge in [0.25, 0.3) is 10.0 Å². The van der Waals surface area contributed by atoms with Crippen molar-refractivity contribution in [2.45, 2.75) is 63.8 Å². The molecule has 144 valence electrons. The molecule has 0 unspecified atom stereocenters. The smallest absolute Gasteiger partial charge is 0.275 e. The van der Waals surface area contributed by atoms with Crippen molar-refractivity contribution < 1.29 is 17.6 Å². The second-order valence-corrected chi connectivity index (χ2v) is 9.79. The fourth-order valence-corrected chi connectivity index (χ4v) is 4.20. The predicted octanol–water partition coefficient (Wildman–Crippen LogP) is 2.95. The van der Waals surface area contributed by atoms with Crippen LogP contribution in [0.25, 0.3) is 0 Å². The zero-order valence-electron chi connectivity index (χ0n) is 16.3. The summed E-state index contributed by atoms with van der Waals surface area (Å²) in [7, 11) is 1.53. The van der Waals surface area contributed by atoms with Crippen LogP contribution in [-0.2, 0) is 21.3 Å². The van der Waals surface area contributed by atoms with E-state index in [0.29, 0.717) is 18.3 Å². The first-order valence-corrected chi connectivity index (χ1v) is 10.4. The molecule has 0 spiro atoms. The topological polar surface area (TPSA) is 63.0 Å². The second-order valence-electron chi connectivity index (χ2n) is 7.71. The summed E-state index contributed by atoms with van der Waals surface area (Å²) < 4.78 is 36.9. The highest BCUT2D eigenvalue weighted by atomic mass is 32.2. The molecule has 0 saturated heterocycles. The first kappa shape index (κ1) is 20.4. The molecular formula is C18H32N2O4S. The minimum atomic E-state index is -3.52. The van der Waals surface area contributed by atoms with Gasteiger partial charge < -0.3 is 9.15 Å². The van der Waals surface area contributed by atoms with Crippen LogP contribution in [0.15, 0.2) is 21.6 Å². The van der Waals surface area contributed by atoms with Crippen LogP contribution in [0.1, 0.15) is 45.8 Å². The minimum absolute atomic E-state index is 0.00505. The Labute approximate surface area is 152 Å². The van der Waals surface area contributed by atoms with E-state index in [0.717, 1.165) is 30.2 Å². The second kappa shape index (κ2) is 7.78. The molecule has 0 N–H and O–H groups in total. The van der Waals surface area contributed by atoms with Crippen molar-refractivity contribution in [3.05, 3.63) is 17.9 Å². The highest BCUT2D eigenvalue weighted by molar-refractivity contribution is 7.88. The van der Waals surface area contributed by atoms with Crippen molar-refractivity contribution in [3.8, 4) is 0 Å². The third kappa shape index (κ3) is 4.27. The zero-order valence-corrected chi connectivity index (χ0v) is 17.1. The van der Waals surface area contributed by atoms with Crippen LogP contribution in [0.4, 0.5) is 0 Å². The third-order valence-electron chi connectivity index (χ3n) is 5.25. The van der Waals surface area contributed by atoms with Gasteiger partial charge in [0.2, 0.25) is 5.09 Å². The molecule has 7 heteroatoms. The van der Waals surface area contributed by atoms with E-state index in [4.69, 9.17) is 9.15 Å². The highest BCUT2D eigenvalue weighted by Crippen LogP contribution is 2.45. The molecule has 1 aliphatic rings. The molecule has 6 nitrogen and oxygen atoms in total. The lowest BCUT2D eigenvalue weighted by Crippen LogP contribution is -2.61. The number of rotatable bonds is 9. The number of ether oxygens (including phenoxy) is 1. The highest BCUT2D eigenvalue weighted by Gasteiger charge is 2.50. The first-order chi connectivity index (χ1) is 11.6. The summed E-state index contributed by atoms with van der Waals surface area (Å²) >= 11 is 0. The van der Waals surface area contributed by atoms with E-state index in [2.05, 4.69) is 32.7 Å². The predicted molar refractivity (Wildman–Crippen MR) is 97.9 cm³/mol. The first-order valence-electron chi connectivity index (χ1n) is 8.93. The Bertz CT molecular complexity index is 666. The van der Waals surface area contributed by atoms with Crippen molar-refractivity contribution in [2.75, 3.05) is 27.7 Å². The van der Waals surface area contributed by atoms with Gasteiger partial charge in [0.05, 0.1) is 12.6 Å². The van der Waals surface area contributed by atoms with Gasteiger partial charge in [0.1, 0.15) is 5.76 Å². The normalized spacial score (nSPS) is 23.2. The molecule has 1 fully saturated rings. The van der Waals surface area contributed by atoms with E-state index >= 15 is 0 Å². The third-order valence-corrected chi connectivity index (χ3v) is 6.94. The van der Waals surface area contributed by atoms with Crippen LogP contribution in [0.3, 0.4) is 0 Å². The lowest BCUT2D eigenvalue weighted by Gasteiger charge is -2.55. The van der Waals surface area contributed by atoms with E-state index < -0.39 is 10.0 Å². The van der Waals surface area contributed by atoms with Crippen LogP contribution >= 0.6 is 0 Å². The molecule has 2 atom stereocenters. The van der Waals surface area contributed by atoms with Crippen molar-refractivity contribution in [1.82, 2.24) is 9.21 Å². The van der Waals surface area contributed by atoms with Crippen molar-refractivity contribution in [1.29, 1.82) is 0 Å². The molecule has 1 saturated carbocycles. The molecule has 1 aromatic rings. The maximum Gasteiger partial charge on any atom is 0.275 e. The molecule has 0 bridgehead atoms. The fraction of sp³-hybridized carbons (Fsp3) is 0.778. The summed E-state index contributed by atoms with van der Waals surface area (Å²) in [5, 5.41) is -0.00505. The molecule has 2 rings (SSSR count). The molecule has 1 aliphatic carbocycles. The average molecular weight is 373 g/mol. The Morgan fingerprint density at radius 1 is 1.28 bits per heavy atom. The van der Waals surface area contributed by atoms with Crippen LogP contribution in [0.5, 0.6) is 0 Å². The van der Waals surface area contributed by atoms with E-state index in [9.17, 15) is 8.42 Å². The maximum absolute atomic E-state index is 12.1. The van der Waals surface area contributed by atoms with Gasteiger partial charge in [-0.1, -0.05) is 27.2 Å². The summed E-state index contributed by atoms with van der Waals surface area (Å²) in [5.74, 6) is 0.661. The average Bonchev–Trinajstić information content (AvgIpc) is 2.98. The molecule has 1 heterocycles. The summed E-state index contributed by atoms with van der Waals surface area (Å²) in [6.45, 7) is 8.04. The van der Waals surface area contributed by atoms with Gasteiger partial charge in [-0.25, -0.2) is 12.7 Å². The molecular weight excluding hydrogens is 340 g/mol. The van der Waals surface area contributed by atoms with Gasteiger partial charge >= 0.3 is 0 Å². The quantitative estimate of drug-likeness (QED) is 0.624. The van der Waals surface area contributed by atoms with E-state index in [1.54, 1.807) is 6.07 Å².